The standard InChI is InChI=1S/C11H19F3N2O4S.C10H18F2N2O4S/c1-10(2,3)20-9(17)15-21(18,19)16-6-4-8(5-7-16)11(12,13)14;1-9(2,3)18-8(15)13-19(16,17)14-6-4-10(11,12)5-7-14/h8H,4-7H2,1-3H3,(H,15,17);4-7H2,1-3H3,(H,13,15). The van der Waals surface area contributed by atoms with Gasteiger partial charge in [0.1, 0.15) is 11.2 Å². The van der Waals surface area contributed by atoms with E-state index in [2.05, 4.69) is 0 Å². The largest absolute Gasteiger partial charge is 0.443 e. The van der Waals surface area contributed by atoms with Crippen molar-refractivity contribution in [2.24, 2.45) is 5.92 Å². The van der Waals surface area contributed by atoms with E-state index >= 15 is 0 Å². The highest BCUT2D eigenvalue weighted by Crippen LogP contribution is 2.34. The Bertz CT molecular complexity index is 1090. The summed E-state index contributed by atoms with van der Waals surface area (Å²) in [6, 6.07) is 0. The molecule has 0 radical (unpaired) electrons. The summed E-state index contributed by atoms with van der Waals surface area (Å²) in [5.41, 5.74) is -1.71. The van der Waals surface area contributed by atoms with Crippen molar-refractivity contribution in [2.75, 3.05) is 26.2 Å². The summed E-state index contributed by atoms with van der Waals surface area (Å²) in [6.07, 6.45) is -8.35. The lowest BCUT2D eigenvalue weighted by atomic mass is 9.98. The van der Waals surface area contributed by atoms with Crippen LogP contribution in [-0.4, -0.2) is 87.1 Å². The lowest BCUT2D eigenvalue weighted by Crippen LogP contribution is -2.49. The molecule has 0 unspecified atom stereocenters. The number of carbonyl (C=O) groups excluding carboxylic acids is 2. The predicted molar refractivity (Wildman–Crippen MR) is 133 cm³/mol. The van der Waals surface area contributed by atoms with Gasteiger partial charge in [0, 0.05) is 39.0 Å². The zero-order valence-electron chi connectivity index (χ0n) is 23.1. The maximum atomic E-state index is 12.9. The SMILES string of the molecule is CC(C)(C)OC(=O)NS(=O)(=O)N1CCC(C(F)(F)F)CC1.CC(C)(C)OC(=O)NS(=O)(=O)N1CCC(F)(F)CC1. The molecule has 2 amide bonds. The number of amides is 2. The Morgan fingerprint density at radius 3 is 1.35 bits per heavy atom. The van der Waals surface area contributed by atoms with Crippen LogP contribution < -0.4 is 9.44 Å². The van der Waals surface area contributed by atoms with Crippen molar-refractivity contribution in [3.05, 3.63) is 0 Å². The minimum Gasteiger partial charge on any atom is -0.443 e. The van der Waals surface area contributed by atoms with Crippen molar-refractivity contribution < 1.29 is 57.9 Å². The lowest BCUT2D eigenvalue weighted by Gasteiger charge is -2.32. The van der Waals surface area contributed by atoms with E-state index in [1.165, 1.54) is 0 Å². The van der Waals surface area contributed by atoms with Crippen LogP contribution >= 0.6 is 0 Å². The summed E-state index contributed by atoms with van der Waals surface area (Å²) in [5.74, 6) is -4.36. The summed E-state index contributed by atoms with van der Waals surface area (Å²) in [6.45, 7) is 8.21. The molecule has 0 saturated carbocycles. The molecule has 2 rings (SSSR count). The Balaban J connectivity index is 0.000000402. The Labute approximate surface area is 231 Å². The molecule has 0 bridgehead atoms. The molecule has 40 heavy (non-hydrogen) atoms. The third-order valence-corrected chi connectivity index (χ3v) is 8.21. The van der Waals surface area contributed by atoms with Gasteiger partial charge < -0.3 is 9.47 Å². The first-order valence-electron chi connectivity index (χ1n) is 12.2. The van der Waals surface area contributed by atoms with Crippen molar-refractivity contribution in [1.29, 1.82) is 0 Å². The Kier molecular flexibility index (Phi) is 11.6. The minimum atomic E-state index is -4.32. The van der Waals surface area contributed by atoms with Gasteiger partial charge in [0.2, 0.25) is 0 Å². The fourth-order valence-corrected chi connectivity index (χ4v) is 5.53. The van der Waals surface area contributed by atoms with E-state index in [1.54, 1.807) is 51.0 Å². The molecule has 2 N–H and O–H groups in total. The van der Waals surface area contributed by atoms with Crippen molar-refractivity contribution in [3.8, 4) is 0 Å². The molecular formula is C21H37F5N4O8S2. The molecule has 2 heterocycles. The normalized spacial score (nSPS) is 20.1. The highest BCUT2D eigenvalue weighted by atomic mass is 32.2. The first-order valence-corrected chi connectivity index (χ1v) is 15.1. The van der Waals surface area contributed by atoms with Gasteiger partial charge in [0.25, 0.3) is 5.92 Å². The Hall–Kier alpha value is -1.99. The molecule has 2 aliphatic heterocycles. The van der Waals surface area contributed by atoms with E-state index in [0.29, 0.717) is 0 Å². The molecule has 2 fully saturated rings. The van der Waals surface area contributed by atoms with Crippen molar-refractivity contribution in [3.63, 3.8) is 0 Å². The van der Waals surface area contributed by atoms with Gasteiger partial charge in [-0.15, -0.1) is 0 Å². The maximum absolute atomic E-state index is 12.9. The predicted octanol–water partition coefficient (Wildman–Crippen LogP) is 3.52. The molecule has 236 valence electrons. The van der Waals surface area contributed by atoms with E-state index in [9.17, 15) is 48.4 Å². The van der Waals surface area contributed by atoms with Gasteiger partial charge in [-0.2, -0.15) is 38.6 Å². The fraction of sp³-hybridized carbons (Fsp3) is 0.905. The zero-order valence-corrected chi connectivity index (χ0v) is 24.7. The fourth-order valence-electron chi connectivity index (χ4n) is 3.41. The van der Waals surface area contributed by atoms with Crippen LogP contribution in [0.25, 0.3) is 0 Å². The van der Waals surface area contributed by atoms with Crippen molar-refractivity contribution in [1.82, 2.24) is 18.1 Å². The Morgan fingerprint density at radius 1 is 0.725 bits per heavy atom. The summed E-state index contributed by atoms with van der Waals surface area (Å²) in [5, 5.41) is 0. The second-order valence-corrected chi connectivity index (χ2v) is 14.5. The van der Waals surface area contributed by atoms with E-state index in [-0.39, 0.29) is 39.0 Å². The molecule has 0 aromatic carbocycles. The zero-order chi connectivity index (χ0) is 31.4. The highest BCUT2D eigenvalue weighted by molar-refractivity contribution is 7.88. The molecule has 0 aliphatic carbocycles. The van der Waals surface area contributed by atoms with Gasteiger partial charge in [-0.25, -0.2) is 27.8 Å². The van der Waals surface area contributed by atoms with Crippen LogP contribution in [0.1, 0.15) is 67.2 Å². The van der Waals surface area contributed by atoms with Crippen LogP contribution in [0.5, 0.6) is 0 Å². The van der Waals surface area contributed by atoms with Gasteiger partial charge in [-0.1, -0.05) is 0 Å². The number of piperidine rings is 2. The van der Waals surface area contributed by atoms with Crippen LogP contribution in [0.2, 0.25) is 0 Å². The van der Waals surface area contributed by atoms with Crippen LogP contribution in [0.4, 0.5) is 31.5 Å². The maximum Gasteiger partial charge on any atom is 0.422 e. The van der Waals surface area contributed by atoms with Gasteiger partial charge in [0.15, 0.2) is 0 Å². The number of alkyl halides is 5. The van der Waals surface area contributed by atoms with E-state index in [1.807, 2.05) is 0 Å². The molecule has 2 saturated heterocycles. The van der Waals surface area contributed by atoms with E-state index in [0.717, 1.165) is 8.61 Å². The van der Waals surface area contributed by atoms with E-state index < -0.39 is 74.7 Å². The second-order valence-electron chi connectivity index (χ2n) is 11.2. The van der Waals surface area contributed by atoms with Gasteiger partial charge >= 0.3 is 38.8 Å². The van der Waals surface area contributed by atoms with Gasteiger partial charge in [0.05, 0.1) is 5.92 Å². The number of nitrogens with one attached hydrogen (secondary N) is 2. The Morgan fingerprint density at radius 2 is 1.05 bits per heavy atom. The van der Waals surface area contributed by atoms with Crippen molar-refractivity contribution in [2.45, 2.75) is 90.5 Å². The number of carbonyl (C=O) groups is 2. The summed E-state index contributed by atoms with van der Waals surface area (Å²) < 4.78 is 125. The number of halogens is 5. The molecule has 0 atom stereocenters. The topological polar surface area (TPSA) is 151 Å². The van der Waals surface area contributed by atoms with Gasteiger partial charge in [-0.05, 0) is 54.4 Å². The summed E-state index contributed by atoms with van der Waals surface area (Å²) in [4.78, 5) is 22.8. The number of ether oxygens (including phenoxy) is 2. The van der Waals surface area contributed by atoms with Crippen LogP contribution in [-0.2, 0) is 29.9 Å². The van der Waals surface area contributed by atoms with Crippen LogP contribution in [0.15, 0.2) is 0 Å². The third kappa shape index (κ3) is 13.1. The molecule has 0 aromatic heterocycles. The number of hydrogen-bond acceptors (Lipinski definition) is 8. The monoisotopic (exact) mass is 632 g/mol. The van der Waals surface area contributed by atoms with Crippen molar-refractivity contribution >= 4 is 32.6 Å². The average Bonchev–Trinajstić information content (AvgIpc) is 2.69. The highest BCUT2D eigenvalue weighted by Gasteiger charge is 2.43. The number of rotatable bonds is 4. The molecule has 0 aromatic rings. The number of nitrogens with zero attached hydrogens (tertiary/aromatic N) is 2. The lowest BCUT2D eigenvalue weighted by molar-refractivity contribution is -0.182. The molecule has 19 heteroatoms. The summed E-state index contributed by atoms with van der Waals surface area (Å²) >= 11 is 0. The quantitative estimate of drug-likeness (QED) is 0.447. The molecule has 12 nitrogen and oxygen atoms in total. The summed E-state index contributed by atoms with van der Waals surface area (Å²) in [7, 11) is -8.31. The van der Waals surface area contributed by atoms with Gasteiger partial charge in [-0.3, -0.25) is 0 Å². The molecular weight excluding hydrogens is 595 g/mol. The second kappa shape index (κ2) is 12.9. The minimum absolute atomic E-state index is 0.289. The number of hydrogen-bond donors (Lipinski definition) is 2. The molecule has 0 spiro atoms. The van der Waals surface area contributed by atoms with Crippen LogP contribution in [0.3, 0.4) is 0 Å². The van der Waals surface area contributed by atoms with Crippen LogP contribution in [0, 0.1) is 5.92 Å². The molecule has 2 aliphatic rings. The third-order valence-electron chi connectivity index (χ3n) is 5.27. The first kappa shape index (κ1) is 36.0. The first-order chi connectivity index (χ1) is 17.7. The van der Waals surface area contributed by atoms with E-state index in [4.69, 9.17) is 9.47 Å². The smallest absolute Gasteiger partial charge is 0.422 e. The average molecular weight is 633 g/mol.